The van der Waals surface area contributed by atoms with Crippen LogP contribution in [0.5, 0.6) is 5.75 Å². The summed E-state index contributed by atoms with van der Waals surface area (Å²) >= 11 is 0. The summed E-state index contributed by atoms with van der Waals surface area (Å²) < 4.78 is 52.3. The normalized spacial score (nSPS) is 22.3. The standard InChI is InChI=1S/C20H26F3NO4/c1-2-26-17-7-12-27-19(14-17)8-10-24(11-9-19)18(25)13-15-3-5-16(6-4-15)28-20(21,22)23/h3-6,17H,2,7-14H2,1H3. The quantitative estimate of drug-likeness (QED) is 0.755. The summed E-state index contributed by atoms with van der Waals surface area (Å²) in [4.78, 5) is 14.4. The van der Waals surface area contributed by atoms with Crippen LogP contribution in [0.2, 0.25) is 0 Å². The highest BCUT2D eigenvalue weighted by molar-refractivity contribution is 5.79. The largest absolute Gasteiger partial charge is 0.573 e. The van der Waals surface area contributed by atoms with Gasteiger partial charge in [0.05, 0.1) is 18.1 Å². The van der Waals surface area contributed by atoms with Gasteiger partial charge in [-0.25, -0.2) is 0 Å². The topological polar surface area (TPSA) is 48.0 Å². The molecule has 1 atom stereocenters. The molecule has 2 aliphatic rings. The number of amides is 1. The first-order valence-electron chi connectivity index (χ1n) is 9.67. The Balaban J connectivity index is 1.50. The molecule has 0 aliphatic carbocycles. The van der Waals surface area contributed by atoms with Gasteiger partial charge in [0, 0.05) is 32.7 Å². The third-order valence-electron chi connectivity index (χ3n) is 5.39. The van der Waals surface area contributed by atoms with Crippen LogP contribution in [0.15, 0.2) is 24.3 Å². The molecule has 0 N–H and O–H groups in total. The maximum Gasteiger partial charge on any atom is 0.573 e. The van der Waals surface area contributed by atoms with Crippen LogP contribution in [0.1, 0.15) is 38.2 Å². The van der Waals surface area contributed by atoms with E-state index in [1.54, 1.807) is 4.90 Å². The predicted octanol–water partition coefficient (Wildman–Crippen LogP) is 3.70. The summed E-state index contributed by atoms with van der Waals surface area (Å²) in [7, 11) is 0. The van der Waals surface area contributed by atoms with Crippen molar-refractivity contribution in [3.63, 3.8) is 0 Å². The van der Waals surface area contributed by atoms with Crippen molar-refractivity contribution in [3.8, 4) is 5.75 Å². The number of carbonyl (C=O) groups excluding carboxylic acids is 1. The van der Waals surface area contributed by atoms with Crippen LogP contribution >= 0.6 is 0 Å². The number of carbonyl (C=O) groups is 1. The lowest BCUT2D eigenvalue weighted by molar-refractivity contribution is -0.274. The van der Waals surface area contributed by atoms with Crippen LogP contribution in [0.4, 0.5) is 13.2 Å². The molecule has 0 aromatic heterocycles. The molecule has 0 saturated carbocycles. The molecule has 1 aromatic carbocycles. The molecule has 5 nitrogen and oxygen atoms in total. The summed E-state index contributed by atoms with van der Waals surface area (Å²) in [5, 5.41) is 0. The van der Waals surface area contributed by atoms with Gasteiger partial charge in [-0.2, -0.15) is 0 Å². The number of piperidine rings is 1. The third kappa shape index (κ3) is 5.61. The summed E-state index contributed by atoms with van der Waals surface area (Å²) in [6.07, 6.45) is -1.01. The fraction of sp³-hybridized carbons (Fsp3) is 0.650. The van der Waals surface area contributed by atoms with E-state index in [4.69, 9.17) is 9.47 Å². The van der Waals surface area contributed by atoms with Crippen molar-refractivity contribution in [2.75, 3.05) is 26.3 Å². The molecule has 2 aliphatic heterocycles. The van der Waals surface area contributed by atoms with E-state index in [0.29, 0.717) is 31.9 Å². The van der Waals surface area contributed by atoms with Crippen molar-refractivity contribution in [1.29, 1.82) is 0 Å². The molecule has 0 bridgehead atoms. The van der Waals surface area contributed by atoms with Crippen LogP contribution < -0.4 is 4.74 Å². The number of likely N-dealkylation sites (tertiary alicyclic amines) is 1. The molecule has 1 aromatic rings. The molecule has 2 saturated heterocycles. The Kier molecular flexibility index (Phi) is 6.50. The van der Waals surface area contributed by atoms with Gasteiger partial charge < -0.3 is 19.1 Å². The Morgan fingerprint density at radius 2 is 1.93 bits per heavy atom. The smallest absolute Gasteiger partial charge is 0.406 e. The highest BCUT2D eigenvalue weighted by Crippen LogP contribution is 2.36. The molecule has 2 fully saturated rings. The number of rotatable bonds is 5. The van der Waals surface area contributed by atoms with Crippen molar-refractivity contribution in [2.24, 2.45) is 0 Å². The third-order valence-corrected chi connectivity index (χ3v) is 5.39. The second-order valence-corrected chi connectivity index (χ2v) is 7.35. The number of halogens is 3. The first-order valence-corrected chi connectivity index (χ1v) is 9.67. The Hall–Kier alpha value is -1.80. The van der Waals surface area contributed by atoms with Gasteiger partial charge in [0.1, 0.15) is 5.75 Å². The SMILES string of the molecule is CCOC1CCOC2(CCN(C(=O)Cc3ccc(OC(F)(F)F)cc3)CC2)C1. The van der Waals surface area contributed by atoms with Crippen molar-refractivity contribution in [1.82, 2.24) is 4.90 Å². The Labute approximate surface area is 162 Å². The van der Waals surface area contributed by atoms with E-state index in [0.717, 1.165) is 25.7 Å². The van der Waals surface area contributed by atoms with Gasteiger partial charge in [-0.1, -0.05) is 12.1 Å². The number of hydrogen-bond donors (Lipinski definition) is 0. The van der Waals surface area contributed by atoms with Gasteiger partial charge in [-0.3, -0.25) is 4.79 Å². The van der Waals surface area contributed by atoms with Gasteiger partial charge in [-0.15, -0.1) is 13.2 Å². The fourth-order valence-corrected chi connectivity index (χ4v) is 3.97. The van der Waals surface area contributed by atoms with E-state index in [9.17, 15) is 18.0 Å². The molecule has 0 radical (unpaired) electrons. The monoisotopic (exact) mass is 401 g/mol. The zero-order chi connectivity index (χ0) is 20.2. The number of benzene rings is 1. The average molecular weight is 401 g/mol. The van der Waals surface area contributed by atoms with E-state index in [1.807, 2.05) is 6.92 Å². The molecule has 2 heterocycles. The second-order valence-electron chi connectivity index (χ2n) is 7.35. The lowest BCUT2D eigenvalue weighted by Gasteiger charge is -2.46. The minimum Gasteiger partial charge on any atom is -0.406 e. The summed E-state index contributed by atoms with van der Waals surface area (Å²) in [5.74, 6) is -0.321. The molecule has 3 rings (SSSR count). The number of hydrogen-bond acceptors (Lipinski definition) is 4. The maximum absolute atomic E-state index is 12.6. The van der Waals surface area contributed by atoms with Crippen LogP contribution in [0, 0.1) is 0 Å². The molecule has 8 heteroatoms. The van der Waals surface area contributed by atoms with Gasteiger partial charge in [0.2, 0.25) is 5.91 Å². The van der Waals surface area contributed by atoms with Crippen LogP contribution in [-0.2, 0) is 20.7 Å². The van der Waals surface area contributed by atoms with E-state index in [-0.39, 0.29) is 29.8 Å². The minimum atomic E-state index is -4.72. The highest BCUT2D eigenvalue weighted by atomic mass is 19.4. The molecule has 156 valence electrons. The Bertz CT molecular complexity index is 652. The predicted molar refractivity (Wildman–Crippen MR) is 96.0 cm³/mol. The summed E-state index contributed by atoms with van der Waals surface area (Å²) in [6, 6.07) is 5.43. The van der Waals surface area contributed by atoms with Crippen LogP contribution in [0.3, 0.4) is 0 Å². The van der Waals surface area contributed by atoms with Crippen molar-refractivity contribution >= 4 is 5.91 Å². The first kappa shape index (κ1) is 20.9. The molecule has 1 spiro atoms. The second kappa shape index (κ2) is 8.69. The van der Waals surface area contributed by atoms with Gasteiger partial charge in [0.15, 0.2) is 0 Å². The lowest BCUT2D eigenvalue weighted by Crippen LogP contribution is -2.52. The maximum atomic E-state index is 12.6. The van der Waals surface area contributed by atoms with Crippen LogP contribution in [-0.4, -0.2) is 55.2 Å². The fourth-order valence-electron chi connectivity index (χ4n) is 3.97. The molecule has 28 heavy (non-hydrogen) atoms. The van der Waals surface area contributed by atoms with Crippen molar-refractivity contribution in [2.45, 2.75) is 57.1 Å². The number of nitrogens with zero attached hydrogens (tertiary/aromatic N) is 1. The Morgan fingerprint density at radius 3 is 2.54 bits per heavy atom. The first-order chi connectivity index (χ1) is 13.3. The molecular weight excluding hydrogens is 375 g/mol. The van der Waals surface area contributed by atoms with Gasteiger partial charge in [0.25, 0.3) is 0 Å². The van der Waals surface area contributed by atoms with E-state index in [1.165, 1.54) is 24.3 Å². The summed E-state index contributed by atoms with van der Waals surface area (Å²) in [6.45, 7) is 4.61. The van der Waals surface area contributed by atoms with E-state index in [2.05, 4.69) is 4.74 Å². The minimum absolute atomic E-state index is 0.0310. The lowest BCUT2D eigenvalue weighted by atomic mass is 9.83. The molecule has 1 amide bonds. The average Bonchev–Trinajstić information content (AvgIpc) is 2.63. The zero-order valence-electron chi connectivity index (χ0n) is 16.0. The Morgan fingerprint density at radius 1 is 1.25 bits per heavy atom. The highest BCUT2D eigenvalue weighted by Gasteiger charge is 2.41. The van der Waals surface area contributed by atoms with Crippen molar-refractivity contribution < 1.29 is 32.2 Å². The molecule has 1 unspecified atom stereocenters. The van der Waals surface area contributed by atoms with Crippen molar-refractivity contribution in [3.05, 3.63) is 29.8 Å². The van der Waals surface area contributed by atoms with Gasteiger partial charge >= 0.3 is 6.36 Å². The van der Waals surface area contributed by atoms with Crippen LogP contribution in [0.25, 0.3) is 0 Å². The number of ether oxygens (including phenoxy) is 3. The van der Waals surface area contributed by atoms with Gasteiger partial charge in [-0.05, 0) is 43.9 Å². The molecular formula is C20H26F3NO4. The van der Waals surface area contributed by atoms with E-state index < -0.39 is 6.36 Å². The summed E-state index contributed by atoms with van der Waals surface area (Å²) in [5.41, 5.74) is 0.455. The zero-order valence-corrected chi connectivity index (χ0v) is 16.0. The number of alkyl halides is 3. The van der Waals surface area contributed by atoms with E-state index >= 15 is 0 Å².